The Balaban J connectivity index is 0. The molecule has 1 amide bonds. The van der Waals surface area contributed by atoms with Crippen LogP contribution < -0.4 is 16.0 Å². The normalized spacial score (nSPS) is 10.8. The number of nitrogens with one attached hydrogen (secondary N) is 3. The maximum absolute atomic E-state index is 11.5. The second-order valence-electron chi connectivity index (χ2n) is 4.75. The summed E-state index contributed by atoms with van der Waals surface area (Å²) in [6, 6.07) is 0. The molecule has 0 rings (SSSR count). The van der Waals surface area contributed by atoms with E-state index in [1.54, 1.807) is 7.11 Å². The Bertz CT molecular complexity index is 304. The number of methoxy groups -OCH3 is 1. The molecule has 0 aliphatic rings. The topological polar surface area (TPSA) is 84.0 Å². The monoisotopic (exact) mass is 444 g/mol. The molecule has 3 N–H and O–H groups in total. The molecule has 8 heteroatoms. The maximum Gasteiger partial charge on any atom is 0.221 e. The van der Waals surface area contributed by atoms with Gasteiger partial charge >= 0.3 is 0 Å². The van der Waals surface area contributed by atoms with Crippen molar-refractivity contribution in [1.82, 2.24) is 16.0 Å². The Hall–Kier alpha value is -0.610. The molecule has 0 bridgehead atoms. The number of rotatable bonds is 13. The molecule has 0 saturated carbocycles. The van der Waals surface area contributed by atoms with Gasteiger partial charge in [-0.2, -0.15) is 0 Å². The van der Waals surface area contributed by atoms with Gasteiger partial charge in [-0.25, -0.2) is 0 Å². The third kappa shape index (κ3) is 17.6. The molecule has 0 heterocycles. The van der Waals surface area contributed by atoms with Crippen molar-refractivity contribution in [2.24, 2.45) is 4.99 Å². The molecule has 7 nitrogen and oxygen atoms in total. The minimum Gasteiger partial charge on any atom is -0.382 e. The molecule has 0 aliphatic heterocycles. The number of carbonyl (C=O) groups excluding carboxylic acids is 1. The first-order valence-corrected chi connectivity index (χ1v) is 8.10. The molecule has 0 atom stereocenters. The Morgan fingerprint density at radius 1 is 1.04 bits per heavy atom. The van der Waals surface area contributed by atoms with E-state index in [9.17, 15) is 4.79 Å². The summed E-state index contributed by atoms with van der Waals surface area (Å²) in [7, 11) is 1.66. The fourth-order valence-electron chi connectivity index (χ4n) is 1.59. The van der Waals surface area contributed by atoms with Crippen molar-refractivity contribution in [1.29, 1.82) is 0 Å². The predicted octanol–water partition coefficient (Wildman–Crippen LogP) is 1.13. The molecule has 0 aromatic carbocycles. The molecule has 0 aliphatic carbocycles. The molecular weight excluding hydrogens is 411 g/mol. The summed E-state index contributed by atoms with van der Waals surface area (Å²) in [5.41, 5.74) is 0. The van der Waals surface area contributed by atoms with Crippen LogP contribution in [0.5, 0.6) is 0 Å². The molecule has 0 aromatic heterocycles. The number of guanidine groups is 1. The number of hydrogen-bond donors (Lipinski definition) is 3. The summed E-state index contributed by atoms with van der Waals surface area (Å²) in [6.07, 6.45) is 2.26. The number of ether oxygens (including phenoxy) is 2. The first-order valence-electron chi connectivity index (χ1n) is 8.10. The van der Waals surface area contributed by atoms with E-state index in [-0.39, 0.29) is 29.9 Å². The van der Waals surface area contributed by atoms with Crippen LogP contribution in [0.4, 0.5) is 0 Å². The van der Waals surface area contributed by atoms with E-state index in [1.165, 1.54) is 0 Å². The van der Waals surface area contributed by atoms with Gasteiger partial charge in [-0.1, -0.05) is 6.92 Å². The number of halogens is 1. The van der Waals surface area contributed by atoms with Crippen LogP contribution in [0.2, 0.25) is 0 Å². The largest absolute Gasteiger partial charge is 0.382 e. The Labute approximate surface area is 157 Å². The number of amides is 1. The number of hydrogen-bond acceptors (Lipinski definition) is 4. The van der Waals surface area contributed by atoms with Gasteiger partial charge in [0.25, 0.3) is 0 Å². The zero-order valence-corrected chi connectivity index (χ0v) is 17.0. The fourth-order valence-corrected chi connectivity index (χ4v) is 1.59. The lowest BCUT2D eigenvalue weighted by molar-refractivity contribution is -0.120. The zero-order valence-electron chi connectivity index (χ0n) is 14.7. The lowest BCUT2D eigenvalue weighted by Crippen LogP contribution is -2.39. The molecule has 0 radical (unpaired) electrons. The van der Waals surface area contributed by atoms with Crippen molar-refractivity contribution in [3.05, 3.63) is 0 Å². The minimum absolute atomic E-state index is 0. The highest BCUT2D eigenvalue weighted by Gasteiger charge is 2.01. The van der Waals surface area contributed by atoms with Crippen LogP contribution in [0.3, 0.4) is 0 Å². The molecular formula is C15H33IN4O3. The summed E-state index contributed by atoms with van der Waals surface area (Å²) < 4.78 is 10.3. The lowest BCUT2D eigenvalue weighted by Gasteiger charge is -2.11. The van der Waals surface area contributed by atoms with E-state index in [1.807, 2.05) is 13.8 Å². The average Bonchev–Trinajstić information content (AvgIpc) is 2.52. The lowest BCUT2D eigenvalue weighted by atomic mass is 10.4. The first kappa shape index (κ1) is 24.6. The quantitative estimate of drug-likeness (QED) is 0.172. The van der Waals surface area contributed by atoms with Gasteiger partial charge in [0.2, 0.25) is 5.91 Å². The van der Waals surface area contributed by atoms with Gasteiger partial charge in [-0.05, 0) is 19.8 Å². The smallest absolute Gasteiger partial charge is 0.221 e. The van der Waals surface area contributed by atoms with Crippen LogP contribution in [-0.2, 0) is 14.3 Å². The van der Waals surface area contributed by atoms with Crippen LogP contribution in [0.25, 0.3) is 0 Å². The highest BCUT2D eigenvalue weighted by Crippen LogP contribution is 1.86. The molecule has 23 heavy (non-hydrogen) atoms. The van der Waals surface area contributed by atoms with Crippen molar-refractivity contribution in [2.45, 2.75) is 33.1 Å². The van der Waals surface area contributed by atoms with E-state index >= 15 is 0 Å². The summed E-state index contributed by atoms with van der Waals surface area (Å²) in [6.45, 7) is 8.74. The van der Waals surface area contributed by atoms with E-state index < -0.39 is 0 Å². The summed E-state index contributed by atoms with van der Waals surface area (Å²) in [4.78, 5) is 15.9. The van der Waals surface area contributed by atoms with Crippen molar-refractivity contribution in [3.63, 3.8) is 0 Å². The van der Waals surface area contributed by atoms with Crippen molar-refractivity contribution in [2.75, 3.05) is 53.1 Å². The number of carbonyl (C=O) groups is 1. The third-order valence-electron chi connectivity index (χ3n) is 2.71. The molecule has 0 spiro atoms. The molecule has 0 unspecified atom stereocenters. The molecule has 0 aromatic rings. The fraction of sp³-hybridized carbons (Fsp3) is 0.867. The van der Waals surface area contributed by atoms with Gasteiger partial charge in [0.15, 0.2) is 5.96 Å². The van der Waals surface area contributed by atoms with Gasteiger partial charge in [0, 0.05) is 46.3 Å². The average molecular weight is 444 g/mol. The van der Waals surface area contributed by atoms with E-state index in [0.717, 1.165) is 31.9 Å². The van der Waals surface area contributed by atoms with Crippen molar-refractivity contribution in [3.8, 4) is 0 Å². The predicted molar refractivity (Wildman–Crippen MR) is 105 cm³/mol. The van der Waals surface area contributed by atoms with Gasteiger partial charge in [0.05, 0.1) is 13.2 Å². The van der Waals surface area contributed by atoms with Gasteiger partial charge < -0.3 is 25.4 Å². The minimum atomic E-state index is 0. The van der Waals surface area contributed by atoms with E-state index in [0.29, 0.717) is 39.3 Å². The van der Waals surface area contributed by atoms with Crippen LogP contribution >= 0.6 is 24.0 Å². The Morgan fingerprint density at radius 3 is 2.48 bits per heavy atom. The highest BCUT2D eigenvalue weighted by atomic mass is 127. The van der Waals surface area contributed by atoms with E-state index in [2.05, 4.69) is 20.9 Å². The number of nitrogens with zero attached hydrogens (tertiary/aromatic N) is 1. The standard InChI is InChI=1S/C15H32N4O3.HI/c1-4-8-17-14(20)7-10-19-15(16-5-2)18-9-6-11-22-13-12-21-3;/h4-13H2,1-3H3,(H,17,20)(H2,16,18,19);1H. The second-order valence-corrected chi connectivity index (χ2v) is 4.75. The summed E-state index contributed by atoms with van der Waals surface area (Å²) in [5, 5.41) is 9.16. The SMILES string of the molecule is CCCNC(=O)CCNC(=NCCCOCCOC)NCC.I. The van der Waals surface area contributed by atoms with Crippen molar-refractivity contribution < 1.29 is 14.3 Å². The van der Waals surface area contributed by atoms with Gasteiger partial charge in [0.1, 0.15) is 0 Å². The highest BCUT2D eigenvalue weighted by molar-refractivity contribution is 14.0. The second kappa shape index (κ2) is 19.4. The van der Waals surface area contributed by atoms with Crippen LogP contribution in [0.15, 0.2) is 4.99 Å². The molecule has 138 valence electrons. The van der Waals surface area contributed by atoms with Gasteiger partial charge in [-0.3, -0.25) is 9.79 Å². The van der Waals surface area contributed by atoms with Gasteiger partial charge in [-0.15, -0.1) is 24.0 Å². The number of aliphatic imine (C=N–C) groups is 1. The summed E-state index contributed by atoms with van der Waals surface area (Å²) in [5.74, 6) is 0.805. The Kier molecular flexibility index (Phi) is 20.8. The Morgan fingerprint density at radius 2 is 1.83 bits per heavy atom. The zero-order chi connectivity index (χ0) is 16.5. The first-order chi connectivity index (χ1) is 10.7. The summed E-state index contributed by atoms with van der Waals surface area (Å²) >= 11 is 0. The van der Waals surface area contributed by atoms with Crippen LogP contribution in [-0.4, -0.2) is 65.0 Å². The molecule has 0 fully saturated rings. The third-order valence-corrected chi connectivity index (χ3v) is 2.71. The molecule has 0 saturated heterocycles. The maximum atomic E-state index is 11.5. The van der Waals surface area contributed by atoms with E-state index in [4.69, 9.17) is 9.47 Å². The van der Waals surface area contributed by atoms with Crippen LogP contribution in [0.1, 0.15) is 33.1 Å². The van der Waals surface area contributed by atoms with Crippen LogP contribution in [0, 0.1) is 0 Å². The van der Waals surface area contributed by atoms with Crippen molar-refractivity contribution >= 4 is 35.8 Å².